The van der Waals surface area contributed by atoms with Crippen LogP contribution < -0.4 is 4.74 Å². The Morgan fingerprint density at radius 2 is 2.00 bits per heavy atom. The number of nitrogens with zero attached hydrogens (tertiary/aromatic N) is 1. The molecule has 82 valence electrons. The van der Waals surface area contributed by atoms with Crippen molar-refractivity contribution in [2.75, 3.05) is 0 Å². The van der Waals surface area contributed by atoms with E-state index in [0.717, 1.165) is 12.1 Å². The van der Waals surface area contributed by atoms with Crippen molar-refractivity contribution in [2.24, 2.45) is 5.18 Å². The summed E-state index contributed by atoms with van der Waals surface area (Å²) in [6.07, 6.45) is -5.02. The van der Waals surface area contributed by atoms with Gasteiger partial charge in [-0.15, -0.1) is 18.1 Å². The van der Waals surface area contributed by atoms with Crippen molar-refractivity contribution < 1.29 is 23.0 Å². The molecule has 0 fully saturated rings. The summed E-state index contributed by atoms with van der Waals surface area (Å²) in [7, 11) is 0. The molecule has 4 nitrogen and oxygen atoms in total. The summed E-state index contributed by atoms with van der Waals surface area (Å²) in [5.41, 5.74) is -0.889. The van der Waals surface area contributed by atoms with E-state index in [-0.39, 0.29) is 0 Å². The van der Waals surface area contributed by atoms with E-state index in [0.29, 0.717) is 0 Å². The van der Waals surface area contributed by atoms with Crippen LogP contribution in [-0.4, -0.2) is 11.5 Å². The second-order valence-corrected chi connectivity index (χ2v) is 2.79. The quantitative estimate of drug-likeness (QED) is 0.808. The number of rotatable bonds is 2. The molecule has 0 radical (unpaired) electrons. The SMILES string of the molecule is O=Nc1c(O)ccc(Cl)c1OC(F)(F)F. The molecule has 8 heteroatoms. The lowest BCUT2D eigenvalue weighted by atomic mass is 10.3. The van der Waals surface area contributed by atoms with E-state index >= 15 is 0 Å². The van der Waals surface area contributed by atoms with Gasteiger partial charge in [0.15, 0.2) is 11.4 Å². The normalized spacial score (nSPS) is 11.2. The summed E-state index contributed by atoms with van der Waals surface area (Å²) in [6, 6.07) is 1.88. The molecule has 0 amide bonds. The molecule has 0 aliphatic heterocycles. The van der Waals surface area contributed by atoms with E-state index in [1.54, 1.807) is 0 Å². The Morgan fingerprint density at radius 1 is 1.40 bits per heavy atom. The number of nitroso groups, excluding NO2 is 1. The maximum Gasteiger partial charge on any atom is 0.573 e. The van der Waals surface area contributed by atoms with Crippen molar-refractivity contribution in [2.45, 2.75) is 6.36 Å². The second kappa shape index (κ2) is 3.93. The molecule has 0 aliphatic carbocycles. The number of hydrogen-bond donors (Lipinski definition) is 1. The van der Waals surface area contributed by atoms with Crippen LogP contribution in [-0.2, 0) is 0 Å². The number of hydrogen-bond acceptors (Lipinski definition) is 4. The first-order chi connectivity index (χ1) is 6.85. The van der Waals surface area contributed by atoms with Gasteiger partial charge < -0.3 is 9.84 Å². The van der Waals surface area contributed by atoms with Crippen LogP contribution in [0, 0.1) is 4.91 Å². The van der Waals surface area contributed by atoms with Crippen LogP contribution in [0.1, 0.15) is 0 Å². The van der Waals surface area contributed by atoms with Crippen LogP contribution in [0.3, 0.4) is 0 Å². The maximum absolute atomic E-state index is 11.9. The number of phenolic OH excluding ortho intramolecular Hbond substituents is 1. The third kappa shape index (κ3) is 2.72. The third-order valence-electron chi connectivity index (χ3n) is 1.37. The molecule has 0 spiro atoms. The Kier molecular flexibility index (Phi) is 3.04. The van der Waals surface area contributed by atoms with Gasteiger partial charge in [-0.3, -0.25) is 0 Å². The Balaban J connectivity index is 3.25. The zero-order valence-corrected chi connectivity index (χ0v) is 7.63. The van der Waals surface area contributed by atoms with Gasteiger partial charge in [0, 0.05) is 0 Å². The molecule has 15 heavy (non-hydrogen) atoms. The highest BCUT2D eigenvalue weighted by molar-refractivity contribution is 6.32. The molecule has 0 unspecified atom stereocenters. The second-order valence-electron chi connectivity index (χ2n) is 2.38. The predicted octanol–water partition coefficient (Wildman–Crippen LogP) is 3.34. The molecule has 1 aromatic rings. The smallest absolute Gasteiger partial charge is 0.505 e. The average molecular weight is 242 g/mol. The number of aromatic hydroxyl groups is 1. The minimum Gasteiger partial charge on any atom is -0.505 e. The number of halogens is 4. The topological polar surface area (TPSA) is 58.9 Å². The first-order valence-corrected chi connectivity index (χ1v) is 3.83. The summed E-state index contributed by atoms with van der Waals surface area (Å²) in [6.45, 7) is 0. The Bertz CT molecular complexity index is 394. The molecule has 0 atom stereocenters. The summed E-state index contributed by atoms with van der Waals surface area (Å²) in [5.74, 6) is -1.76. The molecule has 0 bridgehead atoms. The highest BCUT2D eigenvalue weighted by atomic mass is 35.5. The van der Waals surface area contributed by atoms with Crippen molar-refractivity contribution in [1.82, 2.24) is 0 Å². The summed E-state index contributed by atoms with van der Waals surface area (Å²) >= 11 is 5.35. The molecule has 0 aromatic heterocycles. The zero-order chi connectivity index (χ0) is 11.6. The van der Waals surface area contributed by atoms with E-state index in [9.17, 15) is 18.1 Å². The fourth-order valence-corrected chi connectivity index (χ4v) is 1.03. The number of alkyl halides is 3. The first-order valence-electron chi connectivity index (χ1n) is 3.45. The maximum atomic E-state index is 11.9. The first kappa shape index (κ1) is 11.6. The Labute approximate surface area is 86.2 Å². The summed E-state index contributed by atoms with van der Waals surface area (Å²) < 4.78 is 39.0. The highest BCUT2D eigenvalue weighted by Gasteiger charge is 2.34. The van der Waals surface area contributed by atoms with E-state index in [1.165, 1.54) is 0 Å². The number of benzene rings is 1. The van der Waals surface area contributed by atoms with Gasteiger partial charge in [-0.05, 0) is 17.3 Å². The molecule has 0 saturated heterocycles. The monoisotopic (exact) mass is 241 g/mol. The molecule has 1 N–H and O–H groups in total. The Morgan fingerprint density at radius 3 is 2.47 bits per heavy atom. The van der Waals surface area contributed by atoms with Crippen molar-refractivity contribution in [3.05, 3.63) is 22.1 Å². The Hall–Kier alpha value is -1.50. The summed E-state index contributed by atoms with van der Waals surface area (Å²) in [4.78, 5) is 10.2. The van der Waals surface area contributed by atoms with Crippen molar-refractivity contribution >= 4 is 17.3 Å². The van der Waals surface area contributed by atoms with E-state index in [4.69, 9.17) is 16.7 Å². The number of ether oxygens (including phenoxy) is 1. The van der Waals surface area contributed by atoms with Crippen LogP contribution >= 0.6 is 11.6 Å². The van der Waals surface area contributed by atoms with Gasteiger partial charge in [0.2, 0.25) is 0 Å². The summed E-state index contributed by atoms with van der Waals surface area (Å²) in [5, 5.41) is 10.7. The molecule has 0 aliphatic rings. The largest absolute Gasteiger partial charge is 0.573 e. The van der Waals surface area contributed by atoms with Crippen molar-refractivity contribution in [1.29, 1.82) is 0 Å². The van der Waals surface area contributed by atoms with Crippen LogP contribution in [0.2, 0.25) is 5.02 Å². The highest BCUT2D eigenvalue weighted by Crippen LogP contribution is 2.43. The molecular weight excluding hydrogens is 239 g/mol. The van der Waals surface area contributed by atoms with Gasteiger partial charge >= 0.3 is 6.36 Å². The van der Waals surface area contributed by atoms with Crippen LogP contribution in [0.5, 0.6) is 11.5 Å². The minimum absolute atomic E-state index is 0.472. The number of phenols is 1. The standard InChI is InChI=1S/C7H3ClF3NO3/c8-3-1-2-4(13)5(12-14)6(3)15-7(9,10)11/h1-2,13H. The van der Waals surface area contributed by atoms with Gasteiger partial charge in [0.05, 0.1) is 5.02 Å². The van der Waals surface area contributed by atoms with E-state index in [2.05, 4.69) is 9.91 Å². The van der Waals surface area contributed by atoms with Gasteiger partial charge in [0.1, 0.15) is 5.75 Å². The third-order valence-corrected chi connectivity index (χ3v) is 1.67. The molecule has 1 aromatic carbocycles. The van der Waals surface area contributed by atoms with Gasteiger partial charge in [-0.1, -0.05) is 11.6 Å². The predicted molar refractivity (Wildman–Crippen MR) is 45.3 cm³/mol. The van der Waals surface area contributed by atoms with Crippen molar-refractivity contribution in [3.63, 3.8) is 0 Å². The minimum atomic E-state index is -5.02. The fourth-order valence-electron chi connectivity index (χ4n) is 0.837. The lowest BCUT2D eigenvalue weighted by molar-refractivity contribution is -0.274. The van der Waals surface area contributed by atoms with Gasteiger partial charge in [-0.25, -0.2) is 0 Å². The fraction of sp³-hybridized carbons (Fsp3) is 0.143. The molecule has 0 heterocycles. The van der Waals surface area contributed by atoms with Gasteiger partial charge in [-0.2, -0.15) is 0 Å². The van der Waals surface area contributed by atoms with E-state index in [1.807, 2.05) is 0 Å². The van der Waals surface area contributed by atoms with E-state index < -0.39 is 28.6 Å². The van der Waals surface area contributed by atoms with Crippen molar-refractivity contribution in [3.8, 4) is 11.5 Å². The zero-order valence-electron chi connectivity index (χ0n) is 6.88. The molecule has 1 rings (SSSR count). The molecular formula is C7H3ClF3NO3. The molecule has 0 saturated carbocycles. The lowest BCUT2D eigenvalue weighted by Gasteiger charge is -2.11. The van der Waals surface area contributed by atoms with Gasteiger partial charge in [0.25, 0.3) is 0 Å². The average Bonchev–Trinajstić information content (AvgIpc) is 2.10. The van der Waals surface area contributed by atoms with Crippen LogP contribution in [0.4, 0.5) is 18.9 Å². The lowest BCUT2D eigenvalue weighted by Crippen LogP contribution is -2.17. The van der Waals surface area contributed by atoms with Crippen LogP contribution in [0.25, 0.3) is 0 Å². The van der Waals surface area contributed by atoms with Crippen LogP contribution in [0.15, 0.2) is 17.3 Å².